The molecule has 0 saturated heterocycles. The SMILES string of the molecule is CC(CC(N)=O)Nc1ccc(C(=O)O)nn1. The zero-order valence-corrected chi connectivity index (χ0v) is 8.67. The third-order valence-corrected chi connectivity index (χ3v) is 1.79. The van der Waals surface area contributed by atoms with Gasteiger partial charge in [0.1, 0.15) is 5.82 Å². The molecule has 0 spiro atoms. The number of nitrogens with two attached hydrogens (primary N) is 1. The minimum Gasteiger partial charge on any atom is -0.476 e. The largest absolute Gasteiger partial charge is 0.476 e. The summed E-state index contributed by atoms with van der Waals surface area (Å²) in [5.74, 6) is -1.15. The molecule has 0 fully saturated rings. The predicted octanol–water partition coefficient (Wildman–Crippen LogP) is -0.149. The van der Waals surface area contributed by atoms with E-state index in [1.54, 1.807) is 6.92 Å². The molecule has 16 heavy (non-hydrogen) atoms. The van der Waals surface area contributed by atoms with Crippen LogP contribution in [0.4, 0.5) is 5.82 Å². The van der Waals surface area contributed by atoms with Crippen LogP contribution in [0.3, 0.4) is 0 Å². The molecule has 1 atom stereocenters. The van der Waals surface area contributed by atoms with Crippen molar-refractivity contribution in [1.82, 2.24) is 10.2 Å². The molecular weight excluding hydrogens is 212 g/mol. The number of amides is 1. The first kappa shape index (κ1) is 11.9. The van der Waals surface area contributed by atoms with Gasteiger partial charge in [-0.3, -0.25) is 4.79 Å². The van der Waals surface area contributed by atoms with Gasteiger partial charge in [0.15, 0.2) is 5.69 Å². The van der Waals surface area contributed by atoms with E-state index in [1.165, 1.54) is 12.1 Å². The van der Waals surface area contributed by atoms with E-state index in [1.807, 2.05) is 0 Å². The van der Waals surface area contributed by atoms with E-state index in [9.17, 15) is 9.59 Å². The number of nitrogens with one attached hydrogen (secondary N) is 1. The van der Waals surface area contributed by atoms with Gasteiger partial charge in [-0.25, -0.2) is 4.79 Å². The lowest BCUT2D eigenvalue weighted by atomic mass is 10.2. The van der Waals surface area contributed by atoms with E-state index >= 15 is 0 Å². The molecule has 1 heterocycles. The number of primary amides is 1. The lowest BCUT2D eigenvalue weighted by Gasteiger charge is -2.11. The number of carboxylic acid groups (broad SMARTS) is 1. The van der Waals surface area contributed by atoms with Crippen molar-refractivity contribution >= 4 is 17.7 Å². The third-order valence-electron chi connectivity index (χ3n) is 1.79. The van der Waals surface area contributed by atoms with Crippen molar-refractivity contribution < 1.29 is 14.7 Å². The average molecular weight is 224 g/mol. The Kier molecular flexibility index (Phi) is 3.76. The second kappa shape index (κ2) is 5.06. The van der Waals surface area contributed by atoms with E-state index in [0.717, 1.165) is 0 Å². The molecule has 1 amide bonds. The van der Waals surface area contributed by atoms with Crippen molar-refractivity contribution in [2.45, 2.75) is 19.4 Å². The maximum Gasteiger partial charge on any atom is 0.356 e. The standard InChI is InChI=1S/C9H12N4O3/c1-5(4-7(10)14)11-8-3-2-6(9(15)16)12-13-8/h2-3,5H,4H2,1H3,(H2,10,14)(H,11,13)(H,15,16). The molecule has 1 aromatic rings. The summed E-state index contributed by atoms with van der Waals surface area (Å²) in [5, 5.41) is 18.6. The second-order valence-corrected chi connectivity index (χ2v) is 3.32. The van der Waals surface area contributed by atoms with Gasteiger partial charge in [-0.15, -0.1) is 10.2 Å². The summed E-state index contributed by atoms with van der Waals surface area (Å²) in [5.41, 5.74) is 4.89. The molecule has 86 valence electrons. The molecule has 0 aliphatic heterocycles. The van der Waals surface area contributed by atoms with Crippen LogP contribution in [0.2, 0.25) is 0 Å². The van der Waals surface area contributed by atoms with Crippen LogP contribution in [0.1, 0.15) is 23.8 Å². The van der Waals surface area contributed by atoms with E-state index in [0.29, 0.717) is 5.82 Å². The number of carboxylic acids is 1. The molecular formula is C9H12N4O3. The topological polar surface area (TPSA) is 118 Å². The number of carbonyl (C=O) groups is 2. The Labute approximate surface area is 91.7 Å². The highest BCUT2D eigenvalue weighted by Crippen LogP contribution is 2.05. The Bertz CT molecular complexity index is 390. The fourth-order valence-corrected chi connectivity index (χ4v) is 1.13. The molecule has 0 aromatic carbocycles. The molecule has 0 bridgehead atoms. The van der Waals surface area contributed by atoms with Gasteiger partial charge in [0.05, 0.1) is 0 Å². The minimum atomic E-state index is -1.13. The quantitative estimate of drug-likeness (QED) is 0.640. The van der Waals surface area contributed by atoms with Crippen molar-refractivity contribution in [3.05, 3.63) is 17.8 Å². The number of hydrogen-bond acceptors (Lipinski definition) is 5. The summed E-state index contributed by atoms with van der Waals surface area (Å²) in [4.78, 5) is 21.1. The van der Waals surface area contributed by atoms with Gasteiger partial charge in [-0.1, -0.05) is 0 Å². The van der Waals surface area contributed by atoms with Gasteiger partial charge in [-0.05, 0) is 19.1 Å². The maximum atomic E-state index is 10.6. The van der Waals surface area contributed by atoms with Crippen LogP contribution in [0.25, 0.3) is 0 Å². The number of nitrogens with zero attached hydrogens (tertiary/aromatic N) is 2. The summed E-state index contributed by atoms with van der Waals surface area (Å²) >= 11 is 0. The Morgan fingerprint density at radius 3 is 2.62 bits per heavy atom. The van der Waals surface area contributed by atoms with Gasteiger partial charge in [0.2, 0.25) is 5.91 Å². The van der Waals surface area contributed by atoms with E-state index in [-0.39, 0.29) is 18.2 Å². The van der Waals surface area contributed by atoms with E-state index in [2.05, 4.69) is 15.5 Å². The fraction of sp³-hybridized carbons (Fsp3) is 0.333. The van der Waals surface area contributed by atoms with Crippen LogP contribution < -0.4 is 11.1 Å². The number of aromatic nitrogens is 2. The first-order valence-electron chi connectivity index (χ1n) is 4.61. The zero-order valence-electron chi connectivity index (χ0n) is 8.67. The third kappa shape index (κ3) is 3.52. The molecule has 0 saturated carbocycles. The van der Waals surface area contributed by atoms with Gasteiger partial charge in [0.25, 0.3) is 0 Å². The summed E-state index contributed by atoms with van der Waals surface area (Å²) in [6.07, 6.45) is 0.169. The second-order valence-electron chi connectivity index (χ2n) is 3.32. The monoisotopic (exact) mass is 224 g/mol. The van der Waals surface area contributed by atoms with Crippen molar-refractivity contribution in [2.24, 2.45) is 5.73 Å². The number of rotatable bonds is 5. The van der Waals surface area contributed by atoms with Crippen molar-refractivity contribution in [1.29, 1.82) is 0 Å². The molecule has 0 aliphatic rings. The molecule has 4 N–H and O–H groups in total. The van der Waals surface area contributed by atoms with Crippen molar-refractivity contribution in [3.8, 4) is 0 Å². The van der Waals surface area contributed by atoms with E-state index < -0.39 is 11.9 Å². The minimum absolute atomic E-state index is 0.131. The number of hydrogen-bond donors (Lipinski definition) is 3. The Hall–Kier alpha value is -2.18. The smallest absolute Gasteiger partial charge is 0.356 e. The van der Waals surface area contributed by atoms with Crippen LogP contribution in [-0.2, 0) is 4.79 Å². The highest BCUT2D eigenvalue weighted by Gasteiger charge is 2.08. The highest BCUT2D eigenvalue weighted by atomic mass is 16.4. The maximum absolute atomic E-state index is 10.6. The molecule has 1 rings (SSSR count). The highest BCUT2D eigenvalue weighted by molar-refractivity contribution is 5.85. The van der Waals surface area contributed by atoms with E-state index in [4.69, 9.17) is 10.8 Å². The van der Waals surface area contributed by atoms with Crippen LogP contribution in [0.15, 0.2) is 12.1 Å². The summed E-state index contributed by atoms with van der Waals surface area (Å²) in [6, 6.07) is 2.63. The van der Waals surface area contributed by atoms with Crippen molar-refractivity contribution in [2.75, 3.05) is 5.32 Å². The first-order valence-corrected chi connectivity index (χ1v) is 4.61. The first-order chi connectivity index (χ1) is 7.49. The summed E-state index contributed by atoms with van der Waals surface area (Å²) < 4.78 is 0. The molecule has 0 radical (unpaired) electrons. The van der Waals surface area contributed by atoms with Crippen LogP contribution in [0, 0.1) is 0 Å². The molecule has 1 unspecified atom stereocenters. The van der Waals surface area contributed by atoms with Gasteiger partial charge >= 0.3 is 5.97 Å². The Morgan fingerprint density at radius 1 is 1.50 bits per heavy atom. The van der Waals surface area contributed by atoms with Crippen LogP contribution in [0.5, 0.6) is 0 Å². The van der Waals surface area contributed by atoms with Crippen LogP contribution in [-0.4, -0.2) is 33.2 Å². The van der Waals surface area contributed by atoms with Gasteiger partial charge in [-0.2, -0.15) is 0 Å². The molecule has 1 aromatic heterocycles. The van der Waals surface area contributed by atoms with Gasteiger partial charge < -0.3 is 16.2 Å². The number of aromatic carboxylic acids is 1. The number of anilines is 1. The molecule has 7 heteroatoms. The van der Waals surface area contributed by atoms with Gasteiger partial charge in [0, 0.05) is 12.5 Å². The lowest BCUT2D eigenvalue weighted by Crippen LogP contribution is -2.24. The normalized spacial score (nSPS) is 11.8. The zero-order chi connectivity index (χ0) is 12.1. The predicted molar refractivity (Wildman–Crippen MR) is 55.9 cm³/mol. The number of carbonyl (C=O) groups excluding carboxylic acids is 1. The summed E-state index contributed by atoms with van der Waals surface area (Å²) in [7, 11) is 0. The fourth-order valence-electron chi connectivity index (χ4n) is 1.13. The Balaban J connectivity index is 2.61. The summed E-state index contributed by atoms with van der Waals surface area (Å²) in [6.45, 7) is 1.76. The Morgan fingerprint density at radius 2 is 2.19 bits per heavy atom. The van der Waals surface area contributed by atoms with Crippen molar-refractivity contribution in [3.63, 3.8) is 0 Å². The van der Waals surface area contributed by atoms with Crippen LogP contribution >= 0.6 is 0 Å². The molecule has 0 aliphatic carbocycles. The lowest BCUT2D eigenvalue weighted by molar-refractivity contribution is -0.118. The average Bonchev–Trinajstić information content (AvgIpc) is 2.16. The molecule has 7 nitrogen and oxygen atoms in total.